The fourth-order valence-electron chi connectivity index (χ4n) is 2.72. The molecule has 0 unspecified atom stereocenters. The highest BCUT2D eigenvalue weighted by Crippen LogP contribution is 2.29. The van der Waals surface area contributed by atoms with E-state index in [0.717, 1.165) is 12.0 Å². The summed E-state index contributed by atoms with van der Waals surface area (Å²) in [4.78, 5) is 32.3. The summed E-state index contributed by atoms with van der Waals surface area (Å²) in [6.07, 6.45) is 3.89. The van der Waals surface area contributed by atoms with Crippen LogP contribution in [0.4, 0.5) is 17.2 Å². The van der Waals surface area contributed by atoms with Gasteiger partial charge in [-0.15, -0.1) is 0 Å². The summed E-state index contributed by atoms with van der Waals surface area (Å²) < 4.78 is 1.47. The van der Waals surface area contributed by atoms with Gasteiger partial charge in [0.15, 0.2) is 0 Å². The Labute approximate surface area is 172 Å². The molecule has 3 aromatic rings. The van der Waals surface area contributed by atoms with Crippen LogP contribution in [0.2, 0.25) is 5.02 Å². The van der Waals surface area contributed by atoms with Crippen molar-refractivity contribution in [2.75, 3.05) is 5.32 Å². The molecule has 0 spiro atoms. The molecule has 3 rings (SSSR count). The van der Waals surface area contributed by atoms with Gasteiger partial charge in [-0.2, -0.15) is 0 Å². The Morgan fingerprint density at radius 2 is 2.17 bits per heavy atom. The van der Waals surface area contributed by atoms with Crippen LogP contribution in [0.15, 0.2) is 46.3 Å². The smallest absolute Gasteiger partial charge is 0.271 e. The number of nitro groups is 1. The summed E-state index contributed by atoms with van der Waals surface area (Å²) in [5.41, 5.74) is 1.64. The third-order valence-electron chi connectivity index (χ3n) is 4.55. The molecule has 0 aliphatic heterocycles. The Kier molecular flexibility index (Phi) is 5.93. The van der Waals surface area contributed by atoms with Crippen LogP contribution < -0.4 is 10.9 Å². The molecule has 0 bridgehead atoms. The van der Waals surface area contributed by atoms with Crippen molar-refractivity contribution >= 4 is 40.7 Å². The largest absolute Gasteiger partial charge is 0.367 e. The SMILES string of the molecule is CC[C@@H](C)Nc1nc2c(C)cccn2c(=O)c1C=Nc1ccc([N+](=O)[O-])cc1Cl. The van der Waals surface area contributed by atoms with Gasteiger partial charge < -0.3 is 5.32 Å². The lowest BCUT2D eigenvalue weighted by Gasteiger charge is -2.15. The van der Waals surface area contributed by atoms with E-state index in [2.05, 4.69) is 15.3 Å². The Bertz CT molecular complexity index is 1170. The van der Waals surface area contributed by atoms with Crippen LogP contribution in [0.3, 0.4) is 0 Å². The Morgan fingerprint density at radius 1 is 1.41 bits per heavy atom. The van der Waals surface area contributed by atoms with Crippen LogP contribution in [0.5, 0.6) is 0 Å². The molecule has 1 atom stereocenters. The van der Waals surface area contributed by atoms with Crippen molar-refractivity contribution < 1.29 is 4.92 Å². The molecular weight excluding hydrogens is 394 g/mol. The van der Waals surface area contributed by atoms with E-state index in [4.69, 9.17) is 11.6 Å². The molecule has 8 nitrogen and oxygen atoms in total. The van der Waals surface area contributed by atoms with Gasteiger partial charge in [0.25, 0.3) is 11.2 Å². The maximum atomic E-state index is 13.1. The second kappa shape index (κ2) is 8.40. The first kappa shape index (κ1) is 20.5. The highest BCUT2D eigenvalue weighted by Gasteiger charge is 2.15. The quantitative estimate of drug-likeness (QED) is 0.363. The minimum Gasteiger partial charge on any atom is -0.367 e. The summed E-state index contributed by atoms with van der Waals surface area (Å²) in [5, 5.41) is 14.2. The van der Waals surface area contributed by atoms with Gasteiger partial charge in [0.2, 0.25) is 0 Å². The van der Waals surface area contributed by atoms with Crippen LogP contribution in [0, 0.1) is 17.0 Å². The number of rotatable bonds is 6. The fraction of sp³-hybridized carbons (Fsp3) is 0.250. The summed E-state index contributed by atoms with van der Waals surface area (Å²) in [7, 11) is 0. The number of non-ortho nitro benzene ring substituents is 1. The lowest BCUT2D eigenvalue weighted by Crippen LogP contribution is -2.25. The van der Waals surface area contributed by atoms with E-state index < -0.39 is 4.92 Å². The number of aromatic nitrogens is 2. The second-order valence-electron chi connectivity index (χ2n) is 6.67. The number of hydrogen-bond acceptors (Lipinski definition) is 6. The number of nitro benzene ring substituents is 1. The van der Waals surface area contributed by atoms with Gasteiger partial charge in [0.05, 0.1) is 15.6 Å². The number of pyridine rings is 1. The maximum Gasteiger partial charge on any atom is 0.271 e. The third-order valence-corrected chi connectivity index (χ3v) is 4.86. The summed E-state index contributed by atoms with van der Waals surface area (Å²) in [6.45, 7) is 5.91. The van der Waals surface area contributed by atoms with Crippen molar-refractivity contribution in [2.24, 2.45) is 4.99 Å². The predicted octanol–water partition coefficient (Wildman–Crippen LogP) is 4.53. The van der Waals surface area contributed by atoms with E-state index in [1.165, 1.54) is 28.8 Å². The Morgan fingerprint density at radius 3 is 2.83 bits per heavy atom. The number of nitrogens with zero attached hydrogens (tertiary/aromatic N) is 4. The molecular formula is C20H20ClN5O3. The summed E-state index contributed by atoms with van der Waals surface area (Å²) >= 11 is 6.11. The van der Waals surface area contributed by atoms with E-state index in [-0.39, 0.29) is 27.9 Å². The minimum atomic E-state index is -0.532. The molecule has 0 fully saturated rings. The number of fused-ring (bicyclic) bond motifs is 1. The van der Waals surface area contributed by atoms with Crippen molar-refractivity contribution in [2.45, 2.75) is 33.2 Å². The zero-order chi connectivity index (χ0) is 21.1. The van der Waals surface area contributed by atoms with Gasteiger partial charge in [0.1, 0.15) is 17.0 Å². The predicted molar refractivity (Wildman–Crippen MR) is 115 cm³/mol. The molecule has 29 heavy (non-hydrogen) atoms. The van der Waals surface area contributed by atoms with Crippen LogP contribution >= 0.6 is 11.6 Å². The molecule has 1 aromatic carbocycles. The van der Waals surface area contributed by atoms with E-state index >= 15 is 0 Å². The van der Waals surface area contributed by atoms with Crippen molar-refractivity contribution in [1.29, 1.82) is 0 Å². The number of aryl methyl sites for hydroxylation is 1. The standard InChI is InChI=1S/C20H20ClN5O3/c1-4-13(3)23-18-15(20(27)25-9-5-6-12(2)19(25)24-18)11-22-17-8-7-14(26(28)29)10-16(17)21/h5-11,13,23H,4H2,1-3H3/t13-/m1/s1. The minimum absolute atomic E-state index is 0.100. The monoisotopic (exact) mass is 413 g/mol. The number of hydrogen-bond donors (Lipinski definition) is 1. The first-order chi connectivity index (χ1) is 13.8. The average molecular weight is 414 g/mol. The summed E-state index contributed by atoms with van der Waals surface area (Å²) in [5.74, 6) is 0.431. The van der Waals surface area contributed by atoms with Gasteiger partial charge in [-0.3, -0.25) is 24.3 Å². The van der Waals surface area contributed by atoms with Crippen molar-refractivity contribution in [3.05, 3.63) is 73.1 Å². The summed E-state index contributed by atoms with van der Waals surface area (Å²) in [6, 6.07) is 7.74. The van der Waals surface area contributed by atoms with E-state index in [1.807, 2.05) is 26.8 Å². The zero-order valence-electron chi connectivity index (χ0n) is 16.2. The molecule has 0 aliphatic carbocycles. The van der Waals surface area contributed by atoms with Gasteiger partial charge >= 0.3 is 0 Å². The van der Waals surface area contributed by atoms with Gasteiger partial charge in [-0.25, -0.2) is 4.98 Å². The third kappa shape index (κ3) is 4.27. The molecule has 0 saturated heterocycles. The van der Waals surface area contributed by atoms with Gasteiger partial charge in [0, 0.05) is 30.6 Å². The number of nitrogens with one attached hydrogen (secondary N) is 1. The van der Waals surface area contributed by atoms with Crippen LogP contribution in [0.25, 0.3) is 5.65 Å². The highest BCUT2D eigenvalue weighted by atomic mass is 35.5. The number of benzene rings is 1. The molecule has 2 aromatic heterocycles. The van der Waals surface area contributed by atoms with Crippen molar-refractivity contribution in [3.63, 3.8) is 0 Å². The molecule has 9 heteroatoms. The topological polar surface area (TPSA) is 102 Å². The van der Waals surface area contributed by atoms with Crippen molar-refractivity contribution in [1.82, 2.24) is 9.38 Å². The fourth-order valence-corrected chi connectivity index (χ4v) is 2.95. The van der Waals surface area contributed by atoms with E-state index in [9.17, 15) is 14.9 Å². The number of anilines is 1. The average Bonchev–Trinajstić information content (AvgIpc) is 2.69. The lowest BCUT2D eigenvalue weighted by atomic mass is 10.2. The Hall–Kier alpha value is -3.26. The van der Waals surface area contributed by atoms with Crippen LogP contribution in [0.1, 0.15) is 31.4 Å². The van der Waals surface area contributed by atoms with E-state index in [1.54, 1.807) is 12.3 Å². The molecule has 150 valence electrons. The molecule has 0 saturated carbocycles. The normalized spacial score (nSPS) is 12.4. The highest BCUT2D eigenvalue weighted by molar-refractivity contribution is 6.33. The Balaban J connectivity index is 2.13. The molecule has 0 radical (unpaired) electrons. The van der Waals surface area contributed by atoms with E-state index in [0.29, 0.717) is 17.2 Å². The molecule has 1 N–H and O–H groups in total. The molecule has 2 heterocycles. The zero-order valence-corrected chi connectivity index (χ0v) is 17.0. The number of halogens is 1. The van der Waals surface area contributed by atoms with Crippen molar-refractivity contribution in [3.8, 4) is 0 Å². The maximum absolute atomic E-state index is 13.1. The second-order valence-corrected chi connectivity index (χ2v) is 7.08. The van der Waals surface area contributed by atoms with Gasteiger partial charge in [-0.1, -0.05) is 24.6 Å². The van der Waals surface area contributed by atoms with Crippen LogP contribution in [-0.4, -0.2) is 26.6 Å². The lowest BCUT2D eigenvalue weighted by molar-refractivity contribution is -0.384. The van der Waals surface area contributed by atoms with Crippen LogP contribution in [-0.2, 0) is 0 Å². The first-order valence-electron chi connectivity index (χ1n) is 9.08. The molecule has 0 aliphatic rings. The first-order valence-corrected chi connectivity index (χ1v) is 9.46. The molecule has 0 amide bonds. The van der Waals surface area contributed by atoms with Gasteiger partial charge in [-0.05, 0) is 38.0 Å². The number of aliphatic imine (C=N–C) groups is 1.